The Bertz CT molecular complexity index is 1200. The molecule has 3 aromatic rings. The van der Waals surface area contributed by atoms with E-state index in [0.29, 0.717) is 24.8 Å². The second kappa shape index (κ2) is 10.9. The number of rotatable bonds is 6. The van der Waals surface area contributed by atoms with Crippen molar-refractivity contribution in [2.75, 3.05) is 23.4 Å². The number of hydrogen-bond donors (Lipinski definition) is 1. The summed E-state index contributed by atoms with van der Waals surface area (Å²) in [5.41, 5.74) is 3.67. The highest BCUT2D eigenvalue weighted by atomic mass is 16.5. The summed E-state index contributed by atoms with van der Waals surface area (Å²) in [6, 6.07) is 14.5. The van der Waals surface area contributed by atoms with Gasteiger partial charge in [-0.2, -0.15) is 10.4 Å². The van der Waals surface area contributed by atoms with Crippen molar-refractivity contribution >= 4 is 17.4 Å². The number of pyridine rings is 1. The van der Waals surface area contributed by atoms with Crippen LogP contribution in [-0.4, -0.2) is 46.0 Å². The van der Waals surface area contributed by atoms with E-state index in [9.17, 15) is 4.79 Å². The maximum atomic E-state index is 13.8. The standard InChI is InChI=1S/C28H32N6O2/c1-33-19-23(18-31-33)21-3-7-25(8-4-21)34(28(35)22-12-14-36-15-13-22)26-9-5-24(6-10-26)32-27-11-2-20(16-29)17-30-27/h2-4,7-8,11,17-19,22,24,26H,5-6,9-10,12-15H2,1H3,(H,30,32)/t24-,26-. The molecule has 1 aromatic carbocycles. The molecule has 1 saturated heterocycles. The first-order chi connectivity index (χ1) is 17.6. The van der Waals surface area contributed by atoms with Crippen molar-refractivity contribution in [1.82, 2.24) is 14.8 Å². The fourth-order valence-corrected chi connectivity index (χ4v) is 5.28. The molecule has 0 radical (unpaired) electrons. The molecule has 1 saturated carbocycles. The molecule has 0 unspecified atom stereocenters. The van der Waals surface area contributed by atoms with Crippen LogP contribution < -0.4 is 10.2 Å². The van der Waals surface area contributed by atoms with E-state index in [4.69, 9.17) is 10.00 Å². The van der Waals surface area contributed by atoms with E-state index >= 15 is 0 Å². The van der Waals surface area contributed by atoms with Crippen LogP contribution in [0, 0.1) is 17.2 Å². The zero-order valence-electron chi connectivity index (χ0n) is 20.6. The third kappa shape index (κ3) is 5.42. The Hall–Kier alpha value is -3.70. The number of nitriles is 1. The Morgan fingerprint density at radius 1 is 1.03 bits per heavy atom. The average Bonchev–Trinajstić information content (AvgIpc) is 3.37. The van der Waals surface area contributed by atoms with Gasteiger partial charge < -0.3 is 15.0 Å². The highest BCUT2D eigenvalue weighted by Gasteiger charge is 2.34. The molecule has 1 aliphatic heterocycles. The first kappa shape index (κ1) is 24.0. The van der Waals surface area contributed by atoms with Crippen molar-refractivity contribution in [2.45, 2.75) is 50.6 Å². The van der Waals surface area contributed by atoms with Crippen LogP contribution in [0.5, 0.6) is 0 Å². The minimum absolute atomic E-state index is 0.00967. The number of nitrogens with one attached hydrogen (secondary N) is 1. The molecule has 8 heteroatoms. The van der Waals surface area contributed by atoms with Gasteiger partial charge in [-0.25, -0.2) is 4.98 Å². The Morgan fingerprint density at radius 3 is 2.39 bits per heavy atom. The molecule has 1 amide bonds. The van der Waals surface area contributed by atoms with Crippen LogP contribution in [0.1, 0.15) is 44.1 Å². The Balaban J connectivity index is 1.31. The minimum Gasteiger partial charge on any atom is -0.381 e. The Kier molecular flexibility index (Phi) is 7.28. The summed E-state index contributed by atoms with van der Waals surface area (Å²) < 4.78 is 7.32. The van der Waals surface area contributed by atoms with Gasteiger partial charge in [0.2, 0.25) is 5.91 Å². The topological polar surface area (TPSA) is 96.1 Å². The average molecular weight is 485 g/mol. The number of carbonyl (C=O) groups excluding carboxylic acids is 1. The summed E-state index contributed by atoms with van der Waals surface area (Å²) in [4.78, 5) is 20.2. The number of anilines is 2. The zero-order chi connectivity index (χ0) is 24.9. The van der Waals surface area contributed by atoms with Gasteiger partial charge in [-0.05, 0) is 68.4 Å². The van der Waals surface area contributed by atoms with Gasteiger partial charge in [0.05, 0.1) is 11.8 Å². The van der Waals surface area contributed by atoms with Gasteiger partial charge in [0.25, 0.3) is 0 Å². The summed E-state index contributed by atoms with van der Waals surface area (Å²) in [6.07, 6.45) is 10.8. The lowest BCUT2D eigenvalue weighted by Gasteiger charge is -2.39. The summed E-state index contributed by atoms with van der Waals surface area (Å²) in [5.74, 6) is 1.02. The molecular weight excluding hydrogens is 452 g/mol. The first-order valence-corrected chi connectivity index (χ1v) is 12.7. The van der Waals surface area contributed by atoms with Crippen molar-refractivity contribution in [3.8, 4) is 17.2 Å². The molecule has 8 nitrogen and oxygen atoms in total. The van der Waals surface area contributed by atoms with E-state index in [1.54, 1.807) is 16.9 Å². The van der Waals surface area contributed by atoms with Crippen LogP contribution in [0.4, 0.5) is 11.5 Å². The van der Waals surface area contributed by atoms with Crippen molar-refractivity contribution in [1.29, 1.82) is 5.26 Å². The number of aromatic nitrogens is 3. The molecule has 2 aromatic heterocycles. The number of hydrogen-bond acceptors (Lipinski definition) is 6. The van der Waals surface area contributed by atoms with E-state index in [2.05, 4.69) is 50.6 Å². The van der Waals surface area contributed by atoms with Crippen LogP contribution >= 0.6 is 0 Å². The third-order valence-corrected chi connectivity index (χ3v) is 7.30. The summed E-state index contributed by atoms with van der Waals surface area (Å²) in [6.45, 7) is 1.30. The molecule has 1 aliphatic carbocycles. The predicted molar refractivity (Wildman–Crippen MR) is 138 cm³/mol. The molecule has 5 rings (SSSR count). The molecule has 2 fully saturated rings. The normalized spacial score (nSPS) is 20.4. The van der Waals surface area contributed by atoms with E-state index < -0.39 is 0 Å². The van der Waals surface area contributed by atoms with E-state index in [0.717, 1.165) is 61.2 Å². The van der Waals surface area contributed by atoms with E-state index in [1.807, 2.05) is 25.5 Å². The van der Waals surface area contributed by atoms with Crippen LogP contribution in [0.3, 0.4) is 0 Å². The highest BCUT2D eigenvalue weighted by Crippen LogP contribution is 2.33. The SMILES string of the molecule is Cn1cc(-c2ccc(N(C(=O)C3CCOCC3)[C@H]3CC[C@H](Nc4ccc(C#N)cn4)CC3)cc2)cn1. The lowest BCUT2D eigenvalue weighted by atomic mass is 9.88. The van der Waals surface area contributed by atoms with Gasteiger partial charge in [-0.3, -0.25) is 9.48 Å². The molecular formula is C28H32N6O2. The lowest BCUT2D eigenvalue weighted by molar-refractivity contribution is -0.125. The van der Waals surface area contributed by atoms with Gasteiger partial charge in [0.1, 0.15) is 11.9 Å². The summed E-state index contributed by atoms with van der Waals surface area (Å²) in [5, 5.41) is 16.8. The number of carbonyl (C=O) groups is 1. The van der Waals surface area contributed by atoms with Gasteiger partial charge in [0, 0.05) is 61.9 Å². The number of nitrogens with zero attached hydrogens (tertiary/aromatic N) is 5. The van der Waals surface area contributed by atoms with Crippen molar-refractivity contribution in [3.63, 3.8) is 0 Å². The minimum atomic E-state index is 0.00967. The molecule has 186 valence electrons. The summed E-state index contributed by atoms with van der Waals surface area (Å²) in [7, 11) is 1.91. The molecule has 3 heterocycles. The predicted octanol–water partition coefficient (Wildman–Crippen LogP) is 4.54. The Labute approximate surface area is 211 Å². The van der Waals surface area contributed by atoms with Gasteiger partial charge in [-0.1, -0.05) is 12.1 Å². The lowest BCUT2D eigenvalue weighted by Crippen LogP contribution is -2.47. The Morgan fingerprint density at radius 2 is 1.78 bits per heavy atom. The van der Waals surface area contributed by atoms with E-state index in [-0.39, 0.29) is 17.9 Å². The van der Waals surface area contributed by atoms with Crippen molar-refractivity contribution in [2.24, 2.45) is 13.0 Å². The fourth-order valence-electron chi connectivity index (χ4n) is 5.28. The highest BCUT2D eigenvalue weighted by molar-refractivity contribution is 5.96. The van der Waals surface area contributed by atoms with Crippen LogP contribution in [0.15, 0.2) is 55.0 Å². The molecule has 0 bridgehead atoms. The second-order valence-corrected chi connectivity index (χ2v) is 9.74. The zero-order valence-corrected chi connectivity index (χ0v) is 20.6. The molecule has 0 spiro atoms. The second-order valence-electron chi connectivity index (χ2n) is 9.74. The largest absolute Gasteiger partial charge is 0.381 e. The number of aryl methyl sites for hydroxylation is 1. The van der Waals surface area contributed by atoms with Gasteiger partial charge in [0.15, 0.2) is 0 Å². The smallest absolute Gasteiger partial charge is 0.230 e. The summed E-state index contributed by atoms with van der Waals surface area (Å²) >= 11 is 0. The first-order valence-electron chi connectivity index (χ1n) is 12.7. The number of ether oxygens (including phenoxy) is 1. The van der Waals surface area contributed by atoms with E-state index in [1.165, 1.54) is 0 Å². The van der Waals surface area contributed by atoms with Gasteiger partial charge in [-0.15, -0.1) is 0 Å². The molecule has 0 atom stereocenters. The van der Waals surface area contributed by atoms with Crippen LogP contribution in [0.25, 0.3) is 11.1 Å². The van der Waals surface area contributed by atoms with Gasteiger partial charge >= 0.3 is 0 Å². The number of benzene rings is 1. The fraction of sp³-hybridized carbons (Fsp3) is 0.429. The van der Waals surface area contributed by atoms with Crippen LogP contribution in [-0.2, 0) is 16.6 Å². The number of amides is 1. The molecule has 1 N–H and O–H groups in total. The molecule has 2 aliphatic rings. The van der Waals surface area contributed by atoms with Crippen molar-refractivity contribution < 1.29 is 9.53 Å². The van der Waals surface area contributed by atoms with Crippen molar-refractivity contribution in [3.05, 3.63) is 60.6 Å². The third-order valence-electron chi connectivity index (χ3n) is 7.30. The maximum absolute atomic E-state index is 13.8. The molecule has 36 heavy (non-hydrogen) atoms. The monoisotopic (exact) mass is 484 g/mol. The maximum Gasteiger partial charge on any atom is 0.230 e. The quantitative estimate of drug-likeness (QED) is 0.552. The van der Waals surface area contributed by atoms with Crippen LogP contribution in [0.2, 0.25) is 0 Å².